The van der Waals surface area contributed by atoms with E-state index in [0.717, 1.165) is 0 Å². The van der Waals surface area contributed by atoms with Gasteiger partial charge in [-0.25, -0.2) is 0 Å². The zero-order valence-electron chi connectivity index (χ0n) is 24.2. The topological polar surface area (TPSA) is 20.3 Å². The molecule has 0 aliphatic rings. The normalized spacial score (nSPS) is 11.1. The second-order valence-electron chi connectivity index (χ2n) is 10.8. The van der Waals surface area contributed by atoms with Crippen LogP contribution in [0.5, 0.6) is 0 Å². The summed E-state index contributed by atoms with van der Waals surface area (Å²) in [4.78, 5) is 2.10. The fourth-order valence-electron chi connectivity index (χ4n) is 5.12. The van der Waals surface area contributed by atoms with Crippen molar-refractivity contribution >= 4 is 20.3 Å². The molecule has 4 heteroatoms. The number of nitrogens with zero attached hydrogens (tertiary/aromatic N) is 1. The second kappa shape index (κ2) is 32.3. The van der Waals surface area contributed by atoms with Crippen molar-refractivity contribution in [3.05, 3.63) is 0 Å². The summed E-state index contributed by atoms with van der Waals surface area (Å²) in [5.74, 6) is 2.98. The first kappa shape index (κ1) is 37.4. The van der Waals surface area contributed by atoms with E-state index >= 15 is 0 Å². The third-order valence-electron chi connectivity index (χ3n) is 7.53. The van der Waals surface area contributed by atoms with Gasteiger partial charge in [0.15, 0.2) is 0 Å². The molecular weight excluding hydrogens is 469 g/mol. The molecule has 0 spiro atoms. The van der Waals surface area contributed by atoms with Gasteiger partial charge in [-0.15, -0.1) is 12.4 Å². The Morgan fingerprint density at radius 1 is 0.514 bits per heavy atom. The smallest absolute Gasteiger partial charge is 0.147 e. The van der Waals surface area contributed by atoms with Gasteiger partial charge >= 0.3 is 152 Å². The Labute approximate surface area is 229 Å². The maximum atomic E-state index is 11.0. The number of hydrogen-bond donors (Lipinski definition) is 0. The average Bonchev–Trinajstić information content (AvgIpc) is 2.84. The zero-order chi connectivity index (χ0) is 25.0. The van der Waals surface area contributed by atoms with Crippen LogP contribution in [0.25, 0.3) is 0 Å². The minimum atomic E-state index is 0. The maximum Gasteiger partial charge on any atom is -0.147 e. The molecule has 0 N–H and O–H groups in total. The van der Waals surface area contributed by atoms with Crippen LogP contribution in [-0.4, -0.2) is 18.0 Å². The van der Waals surface area contributed by atoms with Gasteiger partial charge in [0.1, 0.15) is 0 Å². The SMILES string of the molecule is CCCCCCCCCCCCCCC(CCCCCCCCCCCCCC)N(C)C#P=O.Cl. The van der Waals surface area contributed by atoms with E-state index in [1.807, 2.05) is 0 Å². The predicted octanol–water partition coefficient (Wildman–Crippen LogP) is 12.1. The summed E-state index contributed by atoms with van der Waals surface area (Å²) in [5, 5.41) is 0. The largest absolute Gasteiger partial charge is 0.147 e. The van der Waals surface area contributed by atoms with Crippen LogP contribution in [-0.2, 0) is 4.57 Å². The van der Waals surface area contributed by atoms with Gasteiger partial charge in [-0.3, -0.25) is 0 Å². The quantitative estimate of drug-likeness (QED) is 0.0596. The Morgan fingerprint density at radius 3 is 1.03 bits per heavy atom. The van der Waals surface area contributed by atoms with Crippen molar-refractivity contribution in [3.63, 3.8) is 0 Å². The number of halogens is 1. The van der Waals surface area contributed by atoms with Gasteiger partial charge in [0.05, 0.1) is 0 Å². The summed E-state index contributed by atoms with van der Waals surface area (Å²) < 4.78 is 11.0. The molecule has 0 aromatic carbocycles. The molecule has 0 radical (unpaired) electrons. The van der Waals surface area contributed by atoms with E-state index in [4.69, 9.17) is 0 Å². The first-order valence-corrected chi connectivity index (χ1v) is 16.4. The van der Waals surface area contributed by atoms with Crippen molar-refractivity contribution in [3.8, 4) is 5.75 Å². The molecule has 0 aromatic rings. The minimum Gasteiger partial charge on any atom is -0.147 e. The van der Waals surface area contributed by atoms with Crippen molar-refractivity contribution in [1.29, 1.82) is 0 Å². The molecule has 0 amide bonds. The van der Waals surface area contributed by atoms with Gasteiger partial charge in [0, 0.05) is 0 Å². The van der Waals surface area contributed by atoms with E-state index in [1.54, 1.807) is 0 Å². The molecule has 0 fully saturated rings. The van der Waals surface area contributed by atoms with Crippen LogP contribution in [0.1, 0.15) is 181 Å². The van der Waals surface area contributed by atoms with Crippen molar-refractivity contribution < 1.29 is 4.57 Å². The van der Waals surface area contributed by atoms with E-state index in [0.29, 0.717) is 6.04 Å². The molecule has 0 bridgehead atoms. The molecule has 2 nitrogen and oxygen atoms in total. The van der Waals surface area contributed by atoms with Crippen molar-refractivity contribution in [2.24, 2.45) is 0 Å². The summed E-state index contributed by atoms with van der Waals surface area (Å²) in [6.07, 6.45) is 36.1. The molecule has 0 aromatic heterocycles. The minimum absolute atomic E-state index is 0. The Hall–Kier alpha value is 0.260. The number of hydrogen-bond acceptors (Lipinski definition) is 2. The maximum absolute atomic E-state index is 11.0. The van der Waals surface area contributed by atoms with Gasteiger partial charge in [-0.2, -0.15) is 0 Å². The molecule has 0 unspecified atom stereocenters. The molecular formula is C31H63ClNOP. The molecule has 0 saturated carbocycles. The number of unbranched alkanes of at least 4 members (excludes halogenated alkanes) is 22. The van der Waals surface area contributed by atoms with Crippen molar-refractivity contribution in [2.75, 3.05) is 7.05 Å². The molecule has 0 saturated heterocycles. The van der Waals surface area contributed by atoms with Gasteiger partial charge in [-0.05, 0) is 0 Å². The van der Waals surface area contributed by atoms with E-state index in [2.05, 4.69) is 31.5 Å². The molecule has 35 heavy (non-hydrogen) atoms. The Balaban J connectivity index is 0. The summed E-state index contributed by atoms with van der Waals surface area (Å²) in [7, 11) is 2.09. The van der Waals surface area contributed by atoms with Crippen molar-refractivity contribution in [2.45, 2.75) is 187 Å². The predicted molar refractivity (Wildman–Crippen MR) is 162 cm³/mol. The second-order valence-corrected chi connectivity index (χ2v) is 11.2. The van der Waals surface area contributed by atoms with Crippen LogP contribution >= 0.6 is 20.3 Å². The van der Waals surface area contributed by atoms with Crippen LogP contribution in [0.4, 0.5) is 0 Å². The molecule has 0 aliphatic heterocycles. The molecule has 210 valence electrons. The van der Waals surface area contributed by atoms with E-state index < -0.39 is 0 Å². The Morgan fingerprint density at radius 2 is 0.771 bits per heavy atom. The van der Waals surface area contributed by atoms with E-state index in [-0.39, 0.29) is 20.3 Å². The standard InChI is InChI=1S/C31H62NOP.ClH/c1-4-6-8-10-12-14-16-18-20-22-24-26-28-31(32(3)30-34-33)29-27-25-23-21-19-17-15-13-11-9-7-5-2;/h31H,4-29H2,1-3H3;1H. The first-order chi connectivity index (χ1) is 16.8. The van der Waals surface area contributed by atoms with E-state index in [1.165, 1.54) is 167 Å². The summed E-state index contributed by atoms with van der Waals surface area (Å²) in [6, 6.07) is 0.521. The first-order valence-electron chi connectivity index (χ1n) is 15.6. The van der Waals surface area contributed by atoms with Crippen LogP contribution in [0.2, 0.25) is 0 Å². The van der Waals surface area contributed by atoms with Gasteiger partial charge < -0.3 is 0 Å². The van der Waals surface area contributed by atoms with E-state index in [9.17, 15) is 4.57 Å². The zero-order valence-corrected chi connectivity index (χ0v) is 25.9. The number of rotatable bonds is 27. The Kier molecular flexibility index (Phi) is 34.5. The molecule has 0 heterocycles. The Bertz CT molecular complexity index is 467. The molecule has 0 atom stereocenters. The monoisotopic (exact) mass is 531 g/mol. The van der Waals surface area contributed by atoms with Gasteiger partial charge in [-0.1, -0.05) is 65.2 Å². The third-order valence-corrected chi connectivity index (χ3v) is 7.93. The molecule has 0 aliphatic carbocycles. The molecule has 0 rings (SSSR count). The summed E-state index contributed by atoms with van der Waals surface area (Å²) in [6.45, 7) is 4.58. The van der Waals surface area contributed by atoms with Gasteiger partial charge in [0.2, 0.25) is 0 Å². The average molecular weight is 532 g/mol. The van der Waals surface area contributed by atoms with Crippen LogP contribution in [0.15, 0.2) is 0 Å². The van der Waals surface area contributed by atoms with Crippen molar-refractivity contribution in [1.82, 2.24) is 4.90 Å². The fourth-order valence-corrected chi connectivity index (χ4v) is 5.41. The van der Waals surface area contributed by atoms with Gasteiger partial charge in [0.25, 0.3) is 0 Å². The third kappa shape index (κ3) is 28.7. The van der Waals surface area contributed by atoms with Crippen LogP contribution < -0.4 is 0 Å². The van der Waals surface area contributed by atoms with Crippen LogP contribution in [0, 0.1) is 5.75 Å². The fraction of sp³-hybridized carbons (Fsp3) is 0.968. The van der Waals surface area contributed by atoms with Crippen LogP contribution in [0.3, 0.4) is 0 Å². The summed E-state index contributed by atoms with van der Waals surface area (Å²) in [5.41, 5.74) is 0. The summed E-state index contributed by atoms with van der Waals surface area (Å²) >= 11 is 0.